The Morgan fingerprint density at radius 3 is 2.34 bits per heavy atom. The molecule has 0 radical (unpaired) electrons. The minimum absolute atomic E-state index is 0.133. The van der Waals surface area contributed by atoms with E-state index < -0.39 is 21.7 Å². The highest BCUT2D eigenvalue weighted by molar-refractivity contribution is 7.92. The molecular formula is C19H19F2N5O2S. The van der Waals surface area contributed by atoms with Gasteiger partial charge >= 0.3 is 0 Å². The van der Waals surface area contributed by atoms with Gasteiger partial charge in [0.15, 0.2) is 0 Å². The monoisotopic (exact) mass is 419 g/mol. The second-order valence-corrected chi connectivity index (χ2v) is 8.10. The van der Waals surface area contributed by atoms with Crippen LogP contribution in [0.3, 0.4) is 0 Å². The van der Waals surface area contributed by atoms with Gasteiger partial charge in [-0.25, -0.2) is 27.2 Å². The van der Waals surface area contributed by atoms with Crippen LogP contribution in [-0.2, 0) is 16.6 Å². The van der Waals surface area contributed by atoms with Crippen LogP contribution in [0.25, 0.3) is 0 Å². The van der Waals surface area contributed by atoms with Gasteiger partial charge in [0.25, 0.3) is 10.0 Å². The number of anilines is 3. The van der Waals surface area contributed by atoms with E-state index in [1.807, 2.05) is 31.1 Å². The van der Waals surface area contributed by atoms with Gasteiger partial charge in [0, 0.05) is 39.1 Å². The van der Waals surface area contributed by atoms with Gasteiger partial charge in [-0.1, -0.05) is 0 Å². The first-order valence-electron chi connectivity index (χ1n) is 8.54. The molecule has 2 aromatic heterocycles. The van der Waals surface area contributed by atoms with Crippen LogP contribution in [0.4, 0.5) is 26.1 Å². The average Bonchev–Trinajstić information content (AvgIpc) is 2.65. The maximum absolute atomic E-state index is 13.3. The first-order valence-corrected chi connectivity index (χ1v) is 10.0. The highest BCUT2D eigenvalue weighted by Crippen LogP contribution is 2.19. The van der Waals surface area contributed by atoms with Gasteiger partial charge in [-0.15, -0.1) is 0 Å². The van der Waals surface area contributed by atoms with Crippen molar-refractivity contribution < 1.29 is 17.2 Å². The van der Waals surface area contributed by atoms with Gasteiger partial charge in [-0.3, -0.25) is 4.72 Å². The summed E-state index contributed by atoms with van der Waals surface area (Å²) in [5, 5.41) is 3.10. The Balaban J connectivity index is 1.68. The number of halogens is 2. The van der Waals surface area contributed by atoms with Crippen LogP contribution in [0.15, 0.2) is 59.8 Å². The van der Waals surface area contributed by atoms with Crippen molar-refractivity contribution in [3.05, 3.63) is 72.1 Å². The Kier molecular flexibility index (Phi) is 5.92. The summed E-state index contributed by atoms with van der Waals surface area (Å²) < 4.78 is 53.4. The standard InChI is InChI=1S/C19H19F2N5O2S/c1-26(2)19-7-13(5-6-22-19)11-23-18-4-3-17(12-24-18)29(27,28)25-16-9-14(20)8-15(21)10-16/h3-10,12,25H,11H2,1-2H3,(H,23,24). The highest BCUT2D eigenvalue weighted by Gasteiger charge is 2.16. The summed E-state index contributed by atoms with van der Waals surface area (Å²) in [6.07, 6.45) is 2.87. The number of benzene rings is 1. The minimum Gasteiger partial charge on any atom is -0.366 e. The largest absolute Gasteiger partial charge is 0.366 e. The van der Waals surface area contributed by atoms with E-state index >= 15 is 0 Å². The molecule has 0 saturated heterocycles. The second-order valence-electron chi connectivity index (χ2n) is 6.41. The van der Waals surface area contributed by atoms with Crippen LogP contribution in [0, 0.1) is 11.6 Å². The molecule has 0 saturated carbocycles. The maximum atomic E-state index is 13.3. The fraction of sp³-hybridized carbons (Fsp3) is 0.158. The van der Waals surface area contributed by atoms with Gasteiger partial charge in [0.1, 0.15) is 28.2 Å². The van der Waals surface area contributed by atoms with Crippen molar-refractivity contribution in [1.29, 1.82) is 0 Å². The van der Waals surface area contributed by atoms with E-state index in [0.29, 0.717) is 18.4 Å². The van der Waals surface area contributed by atoms with E-state index in [1.165, 1.54) is 12.1 Å². The number of nitrogens with zero attached hydrogens (tertiary/aromatic N) is 3. The number of rotatable bonds is 7. The summed E-state index contributed by atoms with van der Waals surface area (Å²) in [6, 6.07) is 9.08. The zero-order valence-corrected chi connectivity index (χ0v) is 16.5. The third-order valence-corrected chi connectivity index (χ3v) is 5.27. The molecule has 2 heterocycles. The Morgan fingerprint density at radius 2 is 1.72 bits per heavy atom. The fourth-order valence-corrected chi connectivity index (χ4v) is 3.46. The number of pyridine rings is 2. The molecular weight excluding hydrogens is 400 g/mol. The lowest BCUT2D eigenvalue weighted by atomic mass is 10.2. The zero-order valence-electron chi connectivity index (χ0n) is 15.7. The molecule has 0 fully saturated rings. The molecule has 0 unspecified atom stereocenters. The lowest BCUT2D eigenvalue weighted by molar-refractivity contribution is 0.584. The van der Waals surface area contributed by atoms with Crippen molar-refractivity contribution in [3.63, 3.8) is 0 Å². The van der Waals surface area contributed by atoms with Crippen molar-refractivity contribution in [2.24, 2.45) is 0 Å². The normalized spacial score (nSPS) is 11.2. The highest BCUT2D eigenvalue weighted by atomic mass is 32.2. The van der Waals surface area contributed by atoms with Gasteiger partial charge in [-0.05, 0) is 42.0 Å². The van der Waals surface area contributed by atoms with E-state index in [9.17, 15) is 17.2 Å². The van der Waals surface area contributed by atoms with Crippen LogP contribution in [0.5, 0.6) is 0 Å². The van der Waals surface area contributed by atoms with E-state index in [1.54, 1.807) is 6.20 Å². The predicted octanol–water partition coefficient (Wildman–Crippen LogP) is 3.23. The summed E-state index contributed by atoms with van der Waals surface area (Å²) in [5.41, 5.74) is 0.774. The SMILES string of the molecule is CN(C)c1cc(CNc2ccc(S(=O)(=O)Nc3cc(F)cc(F)c3)cn2)ccn1. The molecule has 0 aliphatic rings. The Morgan fingerprint density at radius 1 is 1.00 bits per heavy atom. The molecule has 10 heteroatoms. The molecule has 3 aromatic rings. The molecule has 1 aromatic carbocycles. The average molecular weight is 419 g/mol. The van der Waals surface area contributed by atoms with E-state index in [2.05, 4.69) is 20.0 Å². The maximum Gasteiger partial charge on any atom is 0.263 e. The zero-order chi connectivity index (χ0) is 21.0. The van der Waals surface area contributed by atoms with E-state index in [0.717, 1.165) is 29.7 Å². The van der Waals surface area contributed by atoms with Crippen LogP contribution < -0.4 is 14.9 Å². The summed E-state index contributed by atoms with van der Waals surface area (Å²) in [7, 11) is -0.243. The number of aromatic nitrogens is 2. The molecule has 0 aliphatic heterocycles. The minimum atomic E-state index is -4.03. The number of hydrogen-bond donors (Lipinski definition) is 2. The molecule has 152 valence electrons. The lowest BCUT2D eigenvalue weighted by Crippen LogP contribution is -2.14. The van der Waals surface area contributed by atoms with Crippen LogP contribution >= 0.6 is 0 Å². The second kappa shape index (κ2) is 8.39. The van der Waals surface area contributed by atoms with Gasteiger partial charge < -0.3 is 10.2 Å². The predicted molar refractivity (Wildman–Crippen MR) is 107 cm³/mol. The molecule has 3 rings (SSSR count). The van der Waals surface area contributed by atoms with Gasteiger partial charge in [-0.2, -0.15) is 0 Å². The van der Waals surface area contributed by atoms with Crippen LogP contribution in [0.2, 0.25) is 0 Å². The van der Waals surface area contributed by atoms with Crippen molar-refractivity contribution >= 4 is 27.3 Å². The Bertz CT molecular complexity index is 1090. The summed E-state index contributed by atoms with van der Waals surface area (Å²) in [6.45, 7) is 0.475. The first kappa shape index (κ1) is 20.5. The molecule has 29 heavy (non-hydrogen) atoms. The number of sulfonamides is 1. The molecule has 0 aliphatic carbocycles. The summed E-state index contributed by atoms with van der Waals surface area (Å²) in [5.74, 6) is -0.467. The summed E-state index contributed by atoms with van der Waals surface area (Å²) in [4.78, 5) is 10.1. The Labute approximate surface area is 167 Å². The van der Waals surface area contributed by atoms with Crippen molar-refractivity contribution in [1.82, 2.24) is 9.97 Å². The van der Waals surface area contributed by atoms with Crippen molar-refractivity contribution in [3.8, 4) is 0 Å². The molecule has 0 spiro atoms. The fourth-order valence-electron chi connectivity index (χ4n) is 2.48. The number of nitrogens with one attached hydrogen (secondary N) is 2. The smallest absolute Gasteiger partial charge is 0.263 e. The molecule has 2 N–H and O–H groups in total. The third kappa shape index (κ3) is 5.38. The van der Waals surface area contributed by atoms with Crippen molar-refractivity contribution in [2.45, 2.75) is 11.4 Å². The molecule has 0 atom stereocenters. The van der Waals surface area contributed by atoms with Gasteiger partial charge in [0.05, 0.1) is 5.69 Å². The molecule has 7 nitrogen and oxygen atoms in total. The molecule has 0 bridgehead atoms. The third-order valence-electron chi connectivity index (χ3n) is 3.90. The topological polar surface area (TPSA) is 87.2 Å². The van der Waals surface area contributed by atoms with Crippen LogP contribution in [0.1, 0.15) is 5.56 Å². The van der Waals surface area contributed by atoms with Gasteiger partial charge in [0.2, 0.25) is 0 Å². The summed E-state index contributed by atoms with van der Waals surface area (Å²) >= 11 is 0. The lowest BCUT2D eigenvalue weighted by Gasteiger charge is -2.13. The molecule has 0 amide bonds. The quantitative estimate of drug-likeness (QED) is 0.611. The first-order chi connectivity index (χ1) is 13.7. The van der Waals surface area contributed by atoms with Crippen molar-refractivity contribution in [2.75, 3.05) is 29.0 Å². The van der Waals surface area contributed by atoms with E-state index in [4.69, 9.17) is 0 Å². The van der Waals surface area contributed by atoms with Crippen LogP contribution in [-0.4, -0.2) is 32.5 Å². The Hall–Kier alpha value is -3.27. The number of hydrogen-bond acceptors (Lipinski definition) is 6. The van der Waals surface area contributed by atoms with E-state index in [-0.39, 0.29) is 10.6 Å².